The summed E-state index contributed by atoms with van der Waals surface area (Å²) in [5.41, 5.74) is 4.98. The molecule has 0 radical (unpaired) electrons. The molecule has 2 nitrogen and oxygen atoms in total. The third kappa shape index (κ3) is 1.86. The number of halogens is 1. The number of H-pyrrole nitrogens is 1. The van der Waals surface area contributed by atoms with Gasteiger partial charge in [0.2, 0.25) is 0 Å². The summed E-state index contributed by atoms with van der Waals surface area (Å²) in [4.78, 5) is 3.44. The van der Waals surface area contributed by atoms with Crippen LogP contribution < -0.4 is 0 Å². The molecular formula is C15H16ClNO. The Morgan fingerprint density at radius 1 is 1.39 bits per heavy atom. The highest BCUT2D eigenvalue weighted by Crippen LogP contribution is 2.34. The first-order valence-electron chi connectivity index (χ1n) is 6.30. The molecule has 1 heterocycles. The second kappa shape index (κ2) is 4.45. The summed E-state index contributed by atoms with van der Waals surface area (Å²) in [6.07, 6.45) is 4.23. The average Bonchev–Trinajstić information content (AvgIpc) is 2.74. The predicted molar refractivity (Wildman–Crippen MR) is 75.9 cm³/mol. The summed E-state index contributed by atoms with van der Waals surface area (Å²) in [5.74, 6) is 0.244. The summed E-state index contributed by atoms with van der Waals surface area (Å²) in [5, 5.41) is 11.2. The monoisotopic (exact) mass is 261 g/mol. The smallest absolute Gasteiger partial charge is 0.0493 e. The van der Waals surface area contributed by atoms with Crippen LogP contribution in [0.4, 0.5) is 0 Å². The second-order valence-electron chi connectivity index (χ2n) is 5.01. The minimum atomic E-state index is 0.215. The Labute approximate surface area is 111 Å². The zero-order chi connectivity index (χ0) is 12.7. The zero-order valence-electron chi connectivity index (χ0n) is 10.3. The molecule has 0 saturated carbocycles. The first-order valence-corrected chi connectivity index (χ1v) is 6.68. The van der Waals surface area contributed by atoms with Gasteiger partial charge in [-0.3, -0.25) is 0 Å². The van der Waals surface area contributed by atoms with Crippen LogP contribution in [0.25, 0.3) is 17.0 Å². The molecule has 0 bridgehead atoms. The topological polar surface area (TPSA) is 36.0 Å². The van der Waals surface area contributed by atoms with E-state index in [4.69, 9.17) is 11.6 Å². The molecular weight excluding hydrogens is 246 g/mol. The van der Waals surface area contributed by atoms with Crippen LogP contribution in [0, 0.1) is 5.92 Å². The van der Waals surface area contributed by atoms with Crippen molar-refractivity contribution in [3.63, 3.8) is 0 Å². The highest BCUT2D eigenvalue weighted by molar-refractivity contribution is 6.31. The largest absolute Gasteiger partial charge is 0.396 e. The van der Waals surface area contributed by atoms with E-state index in [0.29, 0.717) is 0 Å². The molecule has 0 saturated heterocycles. The molecule has 0 aliphatic heterocycles. The Kier molecular flexibility index (Phi) is 2.92. The van der Waals surface area contributed by atoms with Gasteiger partial charge in [0.05, 0.1) is 0 Å². The van der Waals surface area contributed by atoms with Crippen LogP contribution in [-0.4, -0.2) is 16.7 Å². The van der Waals surface area contributed by atoms with Crippen molar-refractivity contribution in [3.05, 3.63) is 40.1 Å². The minimum absolute atomic E-state index is 0.215. The zero-order valence-corrected chi connectivity index (χ0v) is 11.1. The second-order valence-corrected chi connectivity index (χ2v) is 5.45. The van der Waals surface area contributed by atoms with Crippen LogP contribution in [0.1, 0.15) is 24.6 Å². The van der Waals surface area contributed by atoms with Crippen molar-refractivity contribution >= 4 is 28.6 Å². The number of hydrogen-bond donors (Lipinski definition) is 2. The third-order valence-electron chi connectivity index (χ3n) is 3.80. The van der Waals surface area contributed by atoms with E-state index in [-0.39, 0.29) is 12.5 Å². The lowest BCUT2D eigenvalue weighted by atomic mass is 9.89. The van der Waals surface area contributed by atoms with Gasteiger partial charge in [-0.05, 0) is 42.7 Å². The van der Waals surface area contributed by atoms with Gasteiger partial charge in [0.25, 0.3) is 0 Å². The molecule has 1 atom stereocenters. The molecule has 3 heteroatoms. The molecule has 2 aromatic rings. The lowest BCUT2D eigenvalue weighted by molar-refractivity contribution is 0.254. The van der Waals surface area contributed by atoms with E-state index in [9.17, 15) is 5.11 Å². The maximum Gasteiger partial charge on any atom is 0.0493 e. The SMILES string of the molecule is CC(CO)C1=Cc2[nH]c3ccc(Cl)cc3c2CC1. The first-order chi connectivity index (χ1) is 8.69. The summed E-state index contributed by atoms with van der Waals surface area (Å²) >= 11 is 6.06. The fraction of sp³-hybridized carbons (Fsp3) is 0.333. The van der Waals surface area contributed by atoms with Crippen LogP contribution in [0.3, 0.4) is 0 Å². The number of aromatic nitrogens is 1. The Morgan fingerprint density at radius 2 is 2.22 bits per heavy atom. The summed E-state index contributed by atoms with van der Waals surface area (Å²) in [6.45, 7) is 2.28. The van der Waals surface area contributed by atoms with Crippen LogP contribution in [0.2, 0.25) is 5.02 Å². The van der Waals surface area contributed by atoms with Crippen LogP contribution >= 0.6 is 11.6 Å². The molecule has 1 aliphatic rings. The average molecular weight is 262 g/mol. The number of aliphatic hydroxyl groups is 1. The fourth-order valence-electron chi connectivity index (χ4n) is 2.67. The molecule has 0 fully saturated rings. The van der Waals surface area contributed by atoms with E-state index < -0.39 is 0 Å². The van der Waals surface area contributed by atoms with Crippen molar-refractivity contribution in [1.29, 1.82) is 0 Å². The Bertz CT molecular complexity index is 627. The number of nitrogens with one attached hydrogen (secondary N) is 1. The van der Waals surface area contributed by atoms with Gasteiger partial charge in [0, 0.05) is 34.1 Å². The normalized spacial score (nSPS) is 16.5. The standard InChI is InChI=1S/C15H16ClNO/c1-9(8-18)10-2-4-12-13-7-11(16)3-5-14(13)17-15(12)6-10/h3,5-7,9,17-18H,2,4,8H2,1H3. The van der Waals surface area contributed by atoms with Crippen molar-refractivity contribution in [3.8, 4) is 0 Å². The lowest BCUT2D eigenvalue weighted by Crippen LogP contribution is -2.09. The highest BCUT2D eigenvalue weighted by Gasteiger charge is 2.18. The van der Waals surface area contributed by atoms with Crippen LogP contribution in [-0.2, 0) is 6.42 Å². The molecule has 1 aliphatic carbocycles. The van der Waals surface area contributed by atoms with E-state index in [1.807, 2.05) is 18.2 Å². The molecule has 0 amide bonds. The molecule has 94 valence electrons. The number of hydrogen-bond acceptors (Lipinski definition) is 1. The van der Waals surface area contributed by atoms with Crippen molar-refractivity contribution in [2.24, 2.45) is 5.92 Å². The van der Waals surface area contributed by atoms with E-state index >= 15 is 0 Å². The minimum Gasteiger partial charge on any atom is -0.396 e. The Morgan fingerprint density at radius 3 is 3.00 bits per heavy atom. The summed E-state index contributed by atoms with van der Waals surface area (Å²) in [6, 6.07) is 5.96. The quantitative estimate of drug-likeness (QED) is 0.848. The van der Waals surface area contributed by atoms with Crippen molar-refractivity contribution < 1.29 is 5.11 Å². The molecule has 1 unspecified atom stereocenters. The molecule has 1 aromatic carbocycles. The van der Waals surface area contributed by atoms with E-state index in [0.717, 1.165) is 23.4 Å². The number of aromatic amines is 1. The van der Waals surface area contributed by atoms with Gasteiger partial charge in [-0.15, -0.1) is 0 Å². The van der Waals surface area contributed by atoms with E-state index in [1.165, 1.54) is 22.2 Å². The van der Waals surface area contributed by atoms with Crippen LogP contribution in [0.5, 0.6) is 0 Å². The maximum atomic E-state index is 9.24. The van der Waals surface area contributed by atoms with Gasteiger partial charge >= 0.3 is 0 Å². The van der Waals surface area contributed by atoms with Gasteiger partial charge in [-0.1, -0.05) is 24.1 Å². The van der Waals surface area contributed by atoms with Gasteiger partial charge < -0.3 is 10.1 Å². The Balaban J connectivity index is 2.12. The molecule has 3 rings (SSSR count). The van der Waals surface area contributed by atoms with Gasteiger partial charge in [0.15, 0.2) is 0 Å². The van der Waals surface area contributed by atoms with Gasteiger partial charge in [-0.2, -0.15) is 0 Å². The van der Waals surface area contributed by atoms with Crippen molar-refractivity contribution in [1.82, 2.24) is 4.98 Å². The number of aryl methyl sites for hydroxylation is 1. The molecule has 0 spiro atoms. The van der Waals surface area contributed by atoms with Gasteiger partial charge in [-0.25, -0.2) is 0 Å². The molecule has 18 heavy (non-hydrogen) atoms. The molecule has 1 aromatic heterocycles. The third-order valence-corrected chi connectivity index (χ3v) is 4.04. The summed E-state index contributed by atoms with van der Waals surface area (Å²) < 4.78 is 0. The molecule has 2 N–H and O–H groups in total. The predicted octanol–water partition coefficient (Wildman–Crippen LogP) is 3.78. The van der Waals surface area contributed by atoms with E-state index in [2.05, 4.69) is 18.0 Å². The summed E-state index contributed by atoms with van der Waals surface area (Å²) in [7, 11) is 0. The van der Waals surface area contributed by atoms with Crippen molar-refractivity contribution in [2.75, 3.05) is 6.61 Å². The van der Waals surface area contributed by atoms with Crippen molar-refractivity contribution in [2.45, 2.75) is 19.8 Å². The maximum absolute atomic E-state index is 9.24. The number of benzene rings is 1. The first kappa shape index (κ1) is 11.8. The number of rotatable bonds is 2. The Hall–Kier alpha value is -1.25. The highest BCUT2D eigenvalue weighted by atomic mass is 35.5. The van der Waals surface area contributed by atoms with E-state index in [1.54, 1.807) is 0 Å². The fourth-order valence-corrected chi connectivity index (χ4v) is 2.84. The van der Waals surface area contributed by atoms with Crippen LogP contribution in [0.15, 0.2) is 23.8 Å². The number of aliphatic hydroxyl groups excluding tert-OH is 1. The number of fused-ring (bicyclic) bond motifs is 3. The van der Waals surface area contributed by atoms with Gasteiger partial charge in [0.1, 0.15) is 0 Å². The lowest BCUT2D eigenvalue weighted by Gasteiger charge is -2.18.